The van der Waals surface area contributed by atoms with Crippen LogP contribution in [0.3, 0.4) is 0 Å². The Labute approximate surface area is 145 Å². The molecule has 2 fully saturated rings. The van der Waals surface area contributed by atoms with Crippen molar-refractivity contribution < 1.29 is 18.4 Å². The number of benzene rings is 1. The highest BCUT2D eigenvalue weighted by molar-refractivity contribution is 5.80. The number of rotatable bonds is 4. The van der Waals surface area contributed by atoms with Gasteiger partial charge in [0.1, 0.15) is 11.6 Å². The second-order valence-electron chi connectivity index (χ2n) is 7.32. The fraction of sp³-hybridized carbons (Fsp3) is 0.556. The van der Waals surface area contributed by atoms with Crippen LogP contribution in [0.25, 0.3) is 0 Å². The van der Waals surface area contributed by atoms with Crippen molar-refractivity contribution in [2.45, 2.75) is 38.8 Å². The van der Waals surface area contributed by atoms with Crippen LogP contribution >= 0.6 is 0 Å². The van der Waals surface area contributed by atoms with E-state index in [9.17, 15) is 18.4 Å². The molecule has 1 aromatic rings. The zero-order chi connectivity index (χ0) is 18.2. The Morgan fingerprint density at radius 1 is 1.24 bits per heavy atom. The molecule has 0 aliphatic carbocycles. The predicted molar refractivity (Wildman–Crippen MR) is 88.3 cm³/mol. The molecule has 1 spiro atoms. The maximum absolute atomic E-state index is 13.3. The number of amides is 2. The normalized spacial score (nSPS) is 21.7. The van der Waals surface area contributed by atoms with E-state index in [1.54, 1.807) is 11.8 Å². The SMILES string of the molecule is C[C@H](C(N)=O)N1CCC2(CC1)CC(=O)N(Cc1cc(F)cc(F)c1)C2. The fourth-order valence-electron chi connectivity index (χ4n) is 3.95. The van der Waals surface area contributed by atoms with Gasteiger partial charge in [0.05, 0.1) is 6.04 Å². The summed E-state index contributed by atoms with van der Waals surface area (Å²) in [6.45, 7) is 4.05. The number of halogens is 2. The van der Waals surface area contributed by atoms with Gasteiger partial charge in [0, 0.05) is 25.6 Å². The summed E-state index contributed by atoms with van der Waals surface area (Å²) in [5, 5.41) is 0. The molecule has 2 amide bonds. The zero-order valence-corrected chi connectivity index (χ0v) is 14.3. The number of carbonyl (C=O) groups excluding carboxylic acids is 2. The monoisotopic (exact) mass is 351 g/mol. The molecule has 7 heteroatoms. The van der Waals surface area contributed by atoms with Crippen molar-refractivity contribution >= 4 is 11.8 Å². The Kier molecular flexibility index (Phi) is 4.77. The molecule has 2 aliphatic heterocycles. The van der Waals surface area contributed by atoms with Gasteiger partial charge in [0.15, 0.2) is 0 Å². The van der Waals surface area contributed by atoms with Gasteiger partial charge in [0.25, 0.3) is 0 Å². The largest absolute Gasteiger partial charge is 0.368 e. The lowest BCUT2D eigenvalue weighted by Crippen LogP contribution is -2.49. The van der Waals surface area contributed by atoms with Crippen molar-refractivity contribution in [3.05, 3.63) is 35.4 Å². The molecule has 0 saturated carbocycles. The number of nitrogens with two attached hydrogens (primary N) is 1. The van der Waals surface area contributed by atoms with Crippen LogP contribution in [-0.4, -0.2) is 47.3 Å². The summed E-state index contributed by atoms with van der Waals surface area (Å²) in [5.74, 6) is -1.59. The molecule has 3 rings (SSSR count). The van der Waals surface area contributed by atoms with Crippen LogP contribution in [0.15, 0.2) is 18.2 Å². The predicted octanol–water partition coefficient (Wildman–Crippen LogP) is 1.65. The van der Waals surface area contributed by atoms with Crippen LogP contribution in [0.4, 0.5) is 8.78 Å². The van der Waals surface area contributed by atoms with Gasteiger partial charge in [-0.25, -0.2) is 8.78 Å². The average Bonchev–Trinajstić information content (AvgIpc) is 2.81. The second kappa shape index (κ2) is 6.71. The molecular weight excluding hydrogens is 328 g/mol. The molecule has 1 aromatic carbocycles. The van der Waals surface area contributed by atoms with Crippen LogP contribution in [0.1, 0.15) is 31.7 Å². The molecular formula is C18H23F2N3O2. The smallest absolute Gasteiger partial charge is 0.234 e. The van der Waals surface area contributed by atoms with Gasteiger partial charge in [-0.2, -0.15) is 0 Å². The molecule has 2 N–H and O–H groups in total. The molecule has 2 heterocycles. The van der Waals surface area contributed by atoms with Gasteiger partial charge in [-0.1, -0.05) is 0 Å². The van der Waals surface area contributed by atoms with Crippen molar-refractivity contribution in [3.63, 3.8) is 0 Å². The van der Waals surface area contributed by atoms with Crippen LogP contribution in [-0.2, 0) is 16.1 Å². The standard InChI is InChI=1S/C18H23F2N3O2/c1-12(17(21)25)22-4-2-18(3-5-22)9-16(24)23(11-18)10-13-6-14(19)8-15(20)7-13/h6-8,12H,2-5,9-11H2,1H3,(H2,21,25)/t12-/m1/s1. The molecule has 5 nitrogen and oxygen atoms in total. The third-order valence-electron chi connectivity index (χ3n) is 5.52. The summed E-state index contributed by atoms with van der Waals surface area (Å²) in [6.07, 6.45) is 2.07. The Morgan fingerprint density at radius 3 is 2.40 bits per heavy atom. The first kappa shape index (κ1) is 17.8. The number of likely N-dealkylation sites (tertiary alicyclic amines) is 2. The quantitative estimate of drug-likeness (QED) is 0.897. The lowest BCUT2D eigenvalue weighted by molar-refractivity contribution is -0.128. The van der Waals surface area contributed by atoms with Crippen molar-refractivity contribution in [1.82, 2.24) is 9.80 Å². The van der Waals surface area contributed by atoms with Gasteiger partial charge in [-0.15, -0.1) is 0 Å². The van der Waals surface area contributed by atoms with Gasteiger partial charge in [-0.05, 0) is 56.0 Å². The first-order valence-electron chi connectivity index (χ1n) is 8.54. The topological polar surface area (TPSA) is 66.6 Å². The molecule has 0 bridgehead atoms. The lowest BCUT2D eigenvalue weighted by atomic mass is 9.77. The van der Waals surface area contributed by atoms with Crippen LogP contribution < -0.4 is 5.73 Å². The maximum atomic E-state index is 13.3. The van der Waals surface area contributed by atoms with E-state index in [2.05, 4.69) is 0 Å². The number of carbonyl (C=O) groups is 2. The van der Waals surface area contributed by atoms with Crippen LogP contribution in [0.2, 0.25) is 0 Å². The van der Waals surface area contributed by atoms with E-state index in [4.69, 9.17) is 5.73 Å². The molecule has 25 heavy (non-hydrogen) atoms. The first-order valence-corrected chi connectivity index (χ1v) is 8.54. The molecule has 2 aliphatic rings. The van der Waals surface area contributed by atoms with Crippen LogP contribution in [0, 0.1) is 17.0 Å². The Balaban J connectivity index is 1.64. The summed E-state index contributed by atoms with van der Waals surface area (Å²) in [5.41, 5.74) is 5.71. The van der Waals surface area contributed by atoms with Crippen LogP contribution in [0.5, 0.6) is 0 Å². The van der Waals surface area contributed by atoms with E-state index in [0.717, 1.165) is 32.0 Å². The molecule has 2 saturated heterocycles. The van der Waals surface area contributed by atoms with Crippen molar-refractivity contribution in [1.29, 1.82) is 0 Å². The van der Waals surface area contributed by atoms with Gasteiger partial charge < -0.3 is 10.6 Å². The fourth-order valence-corrected chi connectivity index (χ4v) is 3.95. The van der Waals surface area contributed by atoms with Gasteiger partial charge in [0.2, 0.25) is 11.8 Å². The number of nitrogens with zero attached hydrogens (tertiary/aromatic N) is 2. The van der Waals surface area contributed by atoms with E-state index in [0.29, 0.717) is 18.5 Å². The summed E-state index contributed by atoms with van der Waals surface area (Å²) in [6, 6.07) is 3.05. The molecule has 0 unspecified atom stereocenters. The molecule has 1 atom stereocenters. The van der Waals surface area contributed by atoms with Crippen molar-refractivity contribution in [3.8, 4) is 0 Å². The van der Waals surface area contributed by atoms with Crippen molar-refractivity contribution in [2.24, 2.45) is 11.1 Å². The zero-order valence-electron chi connectivity index (χ0n) is 14.3. The van der Waals surface area contributed by atoms with Gasteiger partial charge in [-0.3, -0.25) is 14.5 Å². The maximum Gasteiger partial charge on any atom is 0.234 e. The average molecular weight is 351 g/mol. The minimum atomic E-state index is -0.634. The number of hydrogen-bond donors (Lipinski definition) is 1. The highest BCUT2D eigenvalue weighted by Gasteiger charge is 2.45. The summed E-state index contributed by atoms with van der Waals surface area (Å²) in [7, 11) is 0. The van der Waals surface area contributed by atoms with E-state index >= 15 is 0 Å². The lowest BCUT2D eigenvalue weighted by Gasteiger charge is -2.40. The first-order chi connectivity index (χ1) is 11.8. The molecule has 0 radical (unpaired) electrons. The minimum absolute atomic E-state index is 0.0149. The third-order valence-corrected chi connectivity index (χ3v) is 5.52. The van der Waals surface area contributed by atoms with Crippen molar-refractivity contribution in [2.75, 3.05) is 19.6 Å². The van der Waals surface area contributed by atoms with E-state index in [-0.39, 0.29) is 29.8 Å². The number of primary amides is 1. The highest BCUT2D eigenvalue weighted by Crippen LogP contribution is 2.41. The Hall–Kier alpha value is -2.02. The summed E-state index contributed by atoms with van der Waals surface area (Å²) in [4.78, 5) is 27.5. The van der Waals surface area contributed by atoms with Gasteiger partial charge >= 0.3 is 0 Å². The summed E-state index contributed by atoms with van der Waals surface area (Å²) >= 11 is 0. The minimum Gasteiger partial charge on any atom is -0.368 e. The van der Waals surface area contributed by atoms with E-state index in [1.807, 2.05) is 4.90 Å². The molecule has 0 aromatic heterocycles. The molecule has 136 valence electrons. The number of piperidine rings is 1. The Morgan fingerprint density at radius 2 is 1.84 bits per heavy atom. The third kappa shape index (κ3) is 3.81. The van der Waals surface area contributed by atoms with E-state index < -0.39 is 11.6 Å². The summed E-state index contributed by atoms with van der Waals surface area (Å²) < 4.78 is 26.7. The van der Waals surface area contributed by atoms with E-state index in [1.165, 1.54) is 12.1 Å². The number of hydrogen-bond acceptors (Lipinski definition) is 3. The highest BCUT2D eigenvalue weighted by atomic mass is 19.1. The Bertz CT molecular complexity index is 667. The second-order valence-corrected chi connectivity index (χ2v) is 7.32.